The molecule has 1 aliphatic heterocycles. The van der Waals surface area contributed by atoms with Gasteiger partial charge in [0, 0.05) is 18.1 Å². The third-order valence-electron chi connectivity index (χ3n) is 4.99. The summed E-state index contributed by atoms with van der Waals surface area (Å²) in [6, 6.07) is 6.05. The highest BCUT2D eigenvalue weighted by molar-refractivity contribution is 6.31. The van der Waals surface area contributed by atoms with E-state index in [0.717, 1.165) is 11.8 Å². The maximum Gasteiger partial charge on any atom is 0.331 e. The number of nitrogens with zero attached hydrogens (tertiary/aromatic N) is 4. The van der Waals surface area contributed by atoms with E-state index in [4.69, 9.17) is 23.8 Å². The highest BCUT2D eigenvalue weighted by Gasteiger charge is 2.44. The molecular formula is C24H36ClN5O3. The molecule has 3 amide bonds. The largest absolute Gasteiger partial charge is 0.350 e. The second kappa shape index (κ2) is 14.5. The van der Waals surface area contributed by atoms with E-state index in [0.29, 0.717) is 24.4 Å². The highest BCUT2D eigenvalue weighted by atomic mass is 35.5. The Bertz CT molecular complexity index is 829. The molecule has 33 heavy (non-hydrogen) atoms. The van der Waals surface area contributed by atoms with Crippen LogP contribution in [0, 0.1) is 12.3 Å². The van der Waals surface area contributed by atoms with Gasteiger partial charge in [-0.05, 0) is 25.1 Å². The monoisotopic (exact) mass is 477 g/mol. The van der Waals surface area contributed by atoms with E-state index in [-0.39, 0.29) is 25.5 Å². The molecule has 8 nitrogen and oxygen atoms in total. The Morgan fingerprint density at radius 3 is 2.52 bits per heavy atom. The quantitative estimate of drug-likeness (QED) is 0.436. The van der Waals surface area contributed by atoms with E-state index >= 15 is 0 Å². The lowest BCUT2D eigenvalue weighted by Crippen LogP contribution is -2.71. The average Bonchev–Trinajstić information content (AvgIpc) is 2.75. The van der Waals surface area contributed by atoms with Gasteiger partial charge >= 0.3 is 6.03 Å². The van der Waals surface area contributed by atoms with Crippen molar-refractivity contribution < 1.29 is 14.4 Å². The molecule has 1 aromatic rings. The fourth-order valence-electron chi connectivity index (χ4n) is 3.71. The maximum atomic E-state index is 13.0. The second-order valence-corrected chi connectivity index (χ2v) is 8.39. The summed E-state index contributed by atoms with van der Waals surface area (Å²) in [5.41, 5.74) is 6.57. The van der Waals surface area contributed by atoms with Crippen LogP contribution in [0.1, 0.15) is 45.6 Å². The molecule has 1 heterocycles. The van der Waals surface area contributed by atoms with Gasteiger partial charge in [-0.1, -0.05) is 69.3 Å². The van der Waals surface area contributed by atoms with Crippen molar-refractivity contribution in [2.75, 3.05) is 26.7 Å². The summed E-state index contributed by atoms with van der Waals surface area (Å²) in [5, 5.41) is 3.36. The highest BCUT2D eigenvalue weighted by Crippen LogP contribution is 2.23. The van der Waals surface area contributed by atoms with Crippen LogP contribution in [0.25, 0.3) is 0 Å². The van der Waals surface area contributed by atoms with Gasteiger partial charge in [0.15, 0.2) is 0 Å². The molecule has 9 heteroatoms. The number of likely N-dealkylation sites (N-methyl/N-ethyl adjacent to an activating group) is 1. The number of benzene rings is 1. The molecule has 2 atom stereocenters. The number of terminal acetylenes is 1. The Labute approximate surface area is 202 Å². The number of hydrazine groups is 1. The molecule has 182 valence electrons. The van der Waals surface area contributed by atoms with Gasteiger partial charge in [0.2, 0.25) is 5.91 Å². The molecule has 1 fully saturated rings. The number of hydrogen-bond acceptors (Lipinski definition) is 5. The summed E-state index contributed by atoms with van der Waals surface area (Å²) in [6.45, 7) is 6.85. The van der Waals surface area contributed by atoms with Gasteiger partial charge in [-0.25, -0.2) is 9.80 Å². The van der Waals surface area contributed by atoms with E-state index < -0.39 is 18.2 Å². The Morgan fingerprint density at radius 1 is 1.36 bits per heavy atom. The number of primary amides is 1. The van der Waals surface area contributed by atoms with Crippen LogP contribution in [-0.4, -0.2) is 76.9 Å². The van der Waals surface area contributed by atoms with Crippen molar-refractivity contribution in [2.45, 2.75) is 58.8 Å². The number of nitrogens with two attached hydrogens (primary N) is 1. The van der Waals surface area contributed by atoms with Crippen LogP contribution in [0.2, 0.25) is 5.02 Å². The van der Waals surface area contributed by atoms with E-state index in [1.807, 2.05) is 37.1 Å². The Morgan fingerprint density at radius 2 is 2.00 bits per heavy atom. The fraction of sp³-hybridized carbons (Fsp3) is 0.542. The predicted octanol–water partition coefficient (Wildman–Crippen LogP) is 2.95. The summed E-state index contributed by atoms with van der Waals surface area (Å²) in [5.74, 6) is 2.18. The first kappa shape index (κ1) is 28.4. The Kier molecular flexibility index (Phi) is 12.5. The minimum absolute atomic E-state index is 0.0484. The molecule has 0 spiro atoms. The Hall–Kier alpha value is -2.60. The van der Waals surface area contributed by atoms with Crippen LogP contribution < -0.4 is 5.73 Å². The molecular weight excluding hydrogens is 442 g/mol. The zero-order valence-corrected chi connectivity index (χ0v) is 20.8. The minimum Gasteiger partial charge on any atom is -0.350 e. The molecule has 2 rings (SSSR count). The predicted molar refractivity (Wildman–Crippen MR) is 131 cm³/mol. The van der Waals surface area contributed by atoms with Gasteiger partial charge in [-0.3, -0.25) is 9.69 Å². The number of urea groups is 1. The lowest BCUT2D eigenvalue weighted by Gasteiger charge is -2.50. The van der Waals surface area contributed by atoms with Crippen molar-refractivity contribution in [3.63, 3.8) is 0 Å². The van der Waals surface area contributed by atoms with Crippen LogP contribution in [0.15, 0.2) is 24.3 Å². The van der Waals surface area contributed by atoms with E-state index in [1.54, 1.807) is 6.07 Å². The molecule has 1 aromatic carbocycles. The molecule has 1 unspecified atom stereocenters. The van der Waals surface area contributed by atoms with E-state index in [1.165, 1.54) is 21.3 Å². The third kappa shape index (κ3) is 8.04. The molecule has 1 saturated heterocycles. The zero-order chi connectivity index (χ0) is 25.0. The topological polar surface area (TPSA) is 90.2 Å². The molecule has 0 aliphatic carbocycles. The first-order valence-corrected chi connectivity index (χ1v) is 11.6. The smallest absolute Gasteiger partial charge is 0.331 e. The van der Waals surface area contributed by atoms with Crippen molar-refractivity contribution in [3.8, 4) is 12.3 Å². The van der Waals surface area contributed by atoms with Crippen molar-refractivity contribution in [1.29, 1.82) is 0 Å². The number of aldehydes is 1. The average molecular weight is 478 g/mol. The van der Waals surface area contributed by atoms with Crippen LogP contribution in [0.4, 0.5) is 4.79 Å². The van der Waals surface area contributed by atoms with Gasteiger partial charge in [0.05, 0.1) is 19.1 Å². The van der Waals surface area contributed by atoms with Crippen LogP contribution in [0.5, 0.6) is 0 Å². The van der Waals surface area contributed by atoms with E-state index in [2.05, 4.69) is 19.8 Å². The number of halogens is 1. The van der Waals surface area contributed by atoms with Crippen LogP contribution in [0.3, 0.4) is 0 Å². The zero-order valence-electron chi connectivity index (χ0n) is 20.0. The summed E-state index contributed by atoms with van der Waals surface area (Å²) in [4.78, 5) is 40.5. The third-order valence-corrected chi connectivity index (χ3v) is 5.35. The first-order chi connectivity index (χ1) is 15.7. The van der Waals surface area contributed by atoms with Crippen molar-refractivity contribution >= 4 is 29.8 Å². The lowest BCUT2D eigenvalue weighted by molar-refractivity contribution is -0.173. The van der Waals surface area contributed by atoms with Gasteiger partial charge in [-0.15, -0.1) is 6.42 Å². The normalized spacial score (nSPS) is 17.2. The lowest BCUT2D eigenvalue weighted by atomic mass is 10.1. The number of carbonyl (C=O) groups is 3. The number of rotatable bonds is 9. The molecule has 0 saturated carbocycles. The molecule has 0 bridgehead atoms. The van der Waals surface area contributed by atoms with Gasteiger partial charge in [-0.2, -0.15) is 5.01 Å². The fourth-order valence-corrected chi connectivity index (χ4v) is 3.91. The summed E-state index contributed by atoms with van der Waals surface area (Å²) >= 11 is 6.27. The standard InChI is InChI=1S/C21H28ClN5O3.C3H8/c1-4-8-17(15-28)26-19(13-24(3)12-16-9-6-7-10-18(16)22)27(21(23)30)25(11-5-2)14-20(26)29;1-3-2/h2,6-7,9-10,15,17,19H,4,8,11-14H2,1,3H3,(H2,23,30);3H2,1-2H3/t17-,19?;/m0./s1. The number of hydrogen-bond donors (Lipinski definition) is 1. The summed E-state index contributed by atoms with van der Waals surface area (Å²) in [6.07, 6.45) is 7.85. The Balaban J connectivity index is 0.00000172. The van der Waals surface area contributed by atoms with Gasteiger partial charge in [0.25, 0.3) is 0 Å². The van der Waals surface area contributed by atoms with Crippen molar-refractivity contribution in [2.24, 2.45) is 5.73 Å². The SMILES string of the molecule is C#CCN1CC(=O)N([C@H](C=O)CCC)C(CN(C)Cc2ccccc2Cl)N1C(N)=O.CCC. The van der Waals surface area contributed by atoms with Crippen LogP contribution in [-0.2, 0) is 16.1 Å². The molecule has 0 radical (unpaired) electrons. The van der Waals surface area contributed by atoms with Crippen LogP contribution >= 0.6 is 11.6 Å². The number of amides is 3. The first-order valence-electron chi connectivity index (χ1n) is 11.2. The van der Waals surface area contributed by atoms with Crippen molar-refractivity contribution in [1.82, 2.24) is 19.8 Å². The van der Waals surface area contributed by atoms with Gasteiger partial charge < -0.3 is 15.4 Å². The van der Waals surface area contributed by atoms with E-state index in [9.17, 15) is 14.4 Å². The maximum absolute atomic E-state index is 13.0. The molecule has 2 N–H and O–H groups in total. The summed E-state index contributed by atoms with van der Waals surface area (Å²) < 4.78 is 0. The molecule has 0 aromatic heterocycles. The minimum atomic E-state index is -0.772. The second-order valence-electron chi connectivity index (χ2n) is 7.98. The van der Waals surface area contributed by atoms with Crippen molar-refractivity contribution in [3.05, 3.63) is 34.9 Å². The molecule has 1 aliphatic rings. The summed E-state index contributed by atoms with van der Waals surface area (Å²) in [7, 11) is 1.85. The van der Waals surface area contributed by atoms with Gasteiger partial charge in [0.1, 0.15) is 12.5 Å². The number of carbonyl (C=O) groups excluding carboxylic acids is 3.